The van der Waals surface area contributed by atoms with Crippen molar-refractivity contribution >= 4 is 0 Å². The first-order chi connectivity index (χ1) is 6.66. The van der Waals surface area contributed by atoms with E-state index in [2.05, 4.69) is 16.8 Å². The summed E-state index contributed by atoms with van der Waals surface area (Å²) in [5, 5.41) is 0. The number of piperidine rings is 1. The summed E-state index contributed by atoms with van der Waals surface area (Å²) >= 11 is 0. The van der Waals surface area contributed by atoms with Crippen molar-refractivity contribution in [3.05, 3.63) is 0 Å². The zero-order valence-corrected chi connectivity index (χ0v) is 9.02. The van der Waals surface area contributed by atoms with Crippen molar-refractivity contribution in [1.29, 1.82) is 0 Å². The summed E-state index contributed by atoms with van der Waals surface area (Å²) in [7, 11) is 2.19. The van der Waals surface area contributed by atoms with Crippen LogP contribution in [0.4, 0.5) is 0 Å². The second-order valence-electron chi connectivity index (χ2n) is 4.82. The number of likely N-dealkylation sites (tertiary alicyclic amines) is 2. The van der Waals surface area contributed by atoms with Crippen molar-refractivity contribution in [1.82, 2.24) is 9.80 Å². The minimum Gasteiger partial charge on any atom is -0.325 e. The van der Waals surface area contributed by atoms with Crippen LogP contribution in [0.25, 0.3) is 0 Å². The molecule has 0 aromatic heterocycles. The van der Waals surface area contributed by atoms with Gasteiger partial charge in [0.05, 0.1) is 0 Å². The third-order valence-corrected chi connectivity index (χ3v) is 3.65. The van der Waals surface area contributed by atoms with Gasteiger partial charge >= 0.3 is 0 Å². The summed E-state index contributed by atoms with van der Waals surface area (Å²) < 4.78 is 0. The van der Waals surface area contributed by atoms with Crippen molar-refractivity contribution in [2.24, 2.45) is 11.5 Å². The maximum atomic E-state index is 5.93. The smallest absolute Gasteiger partial charge is 0.0334 e. The standard InChI is InChI=1S/C10H22N4/c1-13-4-2-8(3-5-13)14-6-9(11)10(12)7-14/h8-10H,2-7,11-12H2,1H3. The topological polar surface area (TPSA) is 58.5 Å². The molecule has 2 saturated heterocycles. The lowest BCUT2D eigenvalue weighted by molar-refractivity contribution is 0.141. The van der Waals surface area contributed by atoms with E-state index in [0.29, 0.717) is 0 Å². The summed E-state index contributed by atoms with van der Waals surface area (Å²) in [5.74, 6) is 0. The molecule has 4 nitrogen and oxygen atoms in total. The minimum absolute atomic E-state index is 0.189. The molecule has 0 aromatic carbocycles. The third kappa shape index (κ3) is 2.08. The van der Waals surface area contributed by atoms with Crippen LogP contribution in [0.3, 0.4) is 0 Å². The predicted molar refractivity (Wildman–Crippen MR) is 58.0 cm³/mol. The van der Waals surface area contributed by atoms with E-state index >= 15 is 0 Å². The van der Waals surface area contributed by atoms with Gasteiger partial charge in [-0.1, -0.05) is 0 Å². The average molecular weight is 198 g/mol. The average Bonchev–Trinajstić information content (AvgIpc) is 2.48. The fourth-order valence-electron chi connectivity index (χ4n) is 2.55. The molecule has 14 heavy (non-hydrogen) atoms. The van der Waals surface area contributed by atoms with Crippen LogP contribution in [0.2, 0.25) is 0 Å². The van der Waals surface area contributed by atoms with E-state index in [9.17, 15) is 0 Å². The van der Waals surface area contributed by atoms with Crippen LogP contribution in [0.5, 0.6) is 0 Å². The highest BCUT2D eigenvalue weighted by molar-refractivity contribution is 4.93. The van der Waals surface area contributed by atoms with Gasteiger partial charge in [-0.2, -0.15) is 0 Å². The Morgan fingerprint density at radius 2 is 1.50 bits per heavy atom. The Balaban J connectivity index is 1.85. The van der Waals surface area contributed by atoms with Crippen molar-refractivity contribution < 1.29 is 0 Å². The second-order valence-corrected chi connectivity index (χ2v) is 4.82. The Kier molecular flexibility index (Phi) is 3.07. The highest BCUT2D eigenvalue weighted by atomic mass is 15.2. The van der Waals surface area contributed by atoms with Crippen LogP contribution in [-0.4, -0.2) is 61.2 Å². The normalized spacial score (nSPS) is 37.9. The van der Waals surface area contributed by atoms with Gasteiger partial charge in [-0.25, -0.2) is 0 Å². The van der Waals surface area contributed by atoms with Gasteiger partial charge in [0, 0.05) is 31.2 Å². The number of rotatable bonds is 1. The van der Waals surface area contributed by atoms with E-state index in [1.807, 2.05) is 0 Å². The summed E-state index contributed by atoms with van der Waals surface area (Å²) in [6.07, 6.45) is 2.55. The van der Waals surface area contributed by atoms with Crippen molar-refractivity contribution in [3.63, 3.8) is 0 Å². The zero-order chi connectivity index (χ0) is 10.1. The van der Waals surface area contributed by atoms with Crippen LogP contribution < -0.4 is 11.5 Å². The molecule has 0 spiro atoms. The largest absolute Gasteiger partial charge is 0.325 e. The third-order valence-electron chi connectivity index (χ3n) is 3.65. The van der Waals surface area contributed by atoms with Gasteiger partial charge in [-0.05, 0) is 33.0 Å². The number of nitrogens with zero attached hydrogens (tertiary/aromatic N) is 2. The van der Waals surface area contributed by atoms with Gasteiger partial charge in [0.25, 0.3) is 0 Å². The maximum absolute atomic E-state index is 5.93. The van der Waals surface area contributed by atoms with Crippen LogP contribution in [0.15, 0.2) is 0 Å². The van der Waals surface area contributed by atoms with Crippen LogP contribution in [0, 0.1) is 0 Å². The molecule has 0 bridgehead atoms. The van der Waals surface area contributed by atoms with Gasteiger partial charge in [0.2, 0.25) is 0 Å². The number of nitrogens with two attached hydrogens (primary N) is 2. The van der Waals surface area contributed by atoms with Gasteiger partial charge < -0.3 is 16.4 Å². The van der Waals surface area contributed by atoms with Crippen molar-refractivity contribution in [3.8, 4) is 0 Å². The van der Waals surface area contributed by atoms with Crippen molar-refractivity contribution in [2.45, 2.75) is 31.0 Å². The number of hydrogen-bond acceptors (Lipinski definition) is 4. The molecule has 0 saturated carbocycles. The van der Waals surface area contributed by atoms with E-state index in [1.165, 1.54) is 25.9 Å². The summed E-state index contributed by atoms with van der Waals surface area (Å²) in [6, 6.07) is 1.11. The molecule has 0 radical (unpaired) electrons. The molecule has 4 N–H and O–H groups in total. The SMILES string of the molecule is CN1CCC(N2CC(N)C(N)C2)CC1. The molecule has 2 aliphatic rings. The van der Waals surface area contributed by atoms with Crippen molar-refractivity contribution in [2.75, 3.05) is 33.2 Å². The van der Waals surface area contributed by atoms with Gasteiger partial charge in [-0.3, -0.25) is 4.90 Å². The van der Waals surface area contributed by atoms with Crippen LogP contribution in [0.1, 0.15) is 12.8 Å². The zero-order valence-electron chi connectivity index (χ0n) is 9.02. The van der Waals surface area contributed by atoms with Gasteiger partial charge in [0.15, 0.2) is 0 Å². The van der Waals surface area contributed by atoms with Crippen LogP contribution in [-0.2, 0) is 0 Å². The molecular formula is C10H22N4. The summed E-state index contributed by atoms with van der Waals surface area (Å²) in [6.45, 7) is 4.42. The van der Waals surface area contributed by atoms with Crippen LogP contribution >= 0.6 is 0 Å². The molecule has 0 aliphatic carbocycles. The summed E-state index contributed by atoms with van der Waals surface area (Å²) in [4.78, 5) is 4.88. The van der Waals surface area contributed by atoms with Gasteiger partial charge in [-0.15, -0.1) is 0 Å². The van der Waals surface area contributed by atoms with E-state index in [0.717, 1.165) is 19.1 Å². The molecule has 2 fully saturated rings. The highest BCUT2D eigenvalue weighted by Crippen LogP contribution is 2.19. The molecular weight excluding hydrogens is 176 g/mol. The molecule has 0 aromatic rings. The molecule has 2 aliphatic heterocycles. The lowest BCUT2D eigenvalue weighted by atomic mass is 10.0. The molecule has 2 heterocycles. The second kappa shape index (κ2) is 4.14. The minimum atomic E-state index is 0.189. The first-order valence-electron chi connectivity index (χ1n) is 5.60. The van der Waals surface area contributed by atoms with E-state index in [4.69, 9.17) is 11.5 Å². The Hall–Kier alpha value is -0.160. The molecule has 2 rings (SSSR count). The monoisotopic (exact) mass is 198 g/mol. The molecule has 2 unspecified atom stereocenters. The van der Waals surface area contributed by atoms with E-state index < -0.39 is 0 Å². The van der Waals surface area contributed by atoms with Gasteiger partial charge in [0.1, 0.15) is 0 Å². The Bertz CT molecular complexity index is 179. The fraction of sp³-hybridized carbons (Fsp3) is 1.00. The molecule has 82 valence electrons. The number of hydrogen-bond donors (Lipinski definition) is 2. The Labute approximate surface area is 86.2 Å². The Morgan fingerprint density at radius 1 is 1.00 bits per heavy atom. The van der Waals surface area contributed by atoms with E-state index in [-0.39, 0.29) is 12.1 Å². The highest BCUT2D eigenvalue weighted by Gasteiger charge is 2.32. The predicted octanol–water partition coefficient (Wildman–Crippen LogP) is -0.949. The fourth-order valence-corrected chi connectivity index (χ4v) is 2.55. The molecule has 2 atom stereocenters. The molecule has 4 heteroatoms. The lowest BCUT2D eigenvalue weighted by Gasteiger charge is -2.35. The quantitative estimate of drug-likeness (QED) is 0.570. The van der Waals surface area contributed by atoms with E-state index in [1.54, 1.807) is 0 Å². The molecule has 0 amide bonds. The first kappa shape index (κ1) is 10.4. The maximum Gasteiger partial charge on any atom is 0.0334 e. The Morgan fingerprint density at radius 3 is 2.00 bits per heavy atom. The first-order valence-corrected chi connectivity index (χ1v) is 5.60. The lowest BCUT2D eigenvalue weighted by Crippen LogP contribution is -2.43. The summed E-state index contributed by atoms with van der Waals surface area (Å²) in [5.41, 5.74) is 11.9.